The van der Waals surface area contributed by atoms with E-state index in [4.69, 9.17) is 9.47 Å². The molecule has 6 nitrogen and oxygen atoms in total. The van der Waals surface area contributed by atoms with Crippen molar-refractivity contribution < 1.29 is 9.47 Å². The van der Waals surface area contributed by atoms with Gasteiger partial charge < -0.3 is 20.1 Å². The first-order valence-electron chi connectivity index (χ1n) is 9.65. The normalized spacial score (nSPS) is 18.8. The monoisotopic (exact) mass is 362 g/mol. The standard InChI is InChI=1S/C20H34N4O2/c1-5-24(6-2)19(16-9-7-10-17(13-16)25-4)15-23-20(21-3)22-14-18-11-8-12-26-18/h7,9-10,13,18-19H,5-6,8,11-12,14-15H2,1-4H3,(H2,21,22,23). The van der Waals surface area contributed by atoms with E-state index in [1.165, 1.54) is 5.56 Å². The topological polar surface area (TPSA) is 58.1 Å². The van der Waals surface area contributed by atoms with Gasteiger partial charge in [-0.25, -0.2) is 0 Å². The molecular weight excluding hydrogens is 328 g/mol. The lowest BCUT2D eigenvalue weighted by atomic mass is 10.0. The van der Waals surface area contributed by atoms with Crippen LogP contribution in [-0.4, -0.2) is 63.9 Å². The van der Waals surface area contributed by atoms with Crippen LogP contribution < -0.4 is 15.4 Å². The van der Waals surface area contributed by atoms with Crippen LogP contribution in [0.3, 0.4) is 0 Å². The molecule has 1 saturated heterocycles. The van der Waals surface area contributed by atoms with Gasteiger partial charge in [-0.2, -0.15) is 0 Å². The highest BCUT2D eigenvalue weighted by Gasteiger charge is 2.20. The van der Waals surface area contributed by atoms with Gasteiger partial charge >= 0.3 is 0 Å². The summed E-state index contributed by atoms with van der Waals surface area (Å²) < 4.78 is 11.1. The minimum atomic E-state index is 0.251. The predicted octanol–water partition coefficient (Wildman–Crippen LogP) is 2.42. The fourth-order valence-electron chi connectivity index (χ4n) is 3.40. The Hall–Kier alpha value is -1.79. The molecule has 0 saturated carbocycles. The molecule has 6 heteroatoms. The molecule has 1 aliphatic rings. The molecule has 2 unspecified atom stereocenters. The summed E-state index contributed by atoms with van der Waals surface area (Å²) in [6.07, 6.45) is 2.57. The van der Waals surface area contributed by atoms with E-state index in [0.29, 0.717) is 6.10 Å². The van der Waals surface area contributed by atoms with E-state index < -0.39 is 0 Å². The maximum absolute atomic E-state index is 5.67. The number of hydrogen-bond donors (Lipinski definition) is 2. The molecule has 2 atom stereocenters. The van der Waals surface area contributed by atoms with Gasteiger partial charge in [0.2, 0.25) is 0 Å². The smallest absolute Gasteiger partial charge is 0.191 e. The summed E-state index contributed by atoms with van der Waals surface area (Å²) in [5, 5.41) is 6.87. The van der Waals surface area contributed by atoms with Gasteiger partial charge in [0.05, 0.1) is 19.3 Å². The third-order valence-corrected chi connectivity index (χ3v) is 4.94. The van der Waals surface area contributed by atoms with Crippen LogP contribution in [-0.2, 0) is 4.74 Å². The van der Waals surface area contributed by atoms with E-state index in [1.807, 2.05) is 13.1 Å². The molecule has 26 heavy (non-hydrogen) atoms. The number of methoxy groups -OCH3 is 1. The molecule has 1 fully saturated rings. The van der Waals surface area contributed by atoms with Crippen molar-refractivity contribution in [3.05, 3.63) is 29.8 Å². The van der Waals surface area contributed by atoms with Crippen LogP contribution in [0.1, 0.15) is 38.3 Å². The molecule has 0 aliphatic carbocycles. The average Bonchev–Trinajstić information content (AvgIpc) is 3.21. The Morgan fingerprint density at radius 3 is 2.77 bits per heavy atom. The summed E-state index contributed by atoms with van der Waals surface area (Å²) in [7, 11) is 3.52. The van der Waals surface area contributed by atoms with Crippen molar-refractivity contribution in [1.82, 2.24) is 15.5 Å². The minimum absolute atomic E-state index is 0.251. The van der Waals surface area contributed by atoms with Crippen LogP contribution in [0.25, 0.3) is 0 Å². The molecule has 0 amide bonds. The van der Waals surface area contributed by atoms with Crippen molar-refractivity contribution >= 4 is 5.96 Å². The number of nitrogens with zero attached hydrogens (tertiary/aromatic N) is 2. The van der Waals surface area contributed by atoms with Crippen molar-refractivity contribution in [3.63, 3.8) is 0 Å². The Kier molecular flexibility index (Phi) is 8.71. The lowest BCUT2D eigenvalue weighted by Crippen LogP contribution is -2.45. The number of guanidine groups is 1. The van der Waals surface area contributed by atoms with Crippen LogP contribution in [0, 0.1) is 0 Å². The highest BCUT2D eigenvalue weighted by molar-refractivity contribution is 5.79. The Morgan fingerprint density at radius 2 is 2.15 bits per heavy atom. The zero-order chi connectivity index (χ0) is 18.8. The van der Waals surface area contributed by atoms with Gasteiger partial charge in [-0.15, -0.1) is 0 Å². The number of rotatable bonds is 9. The van der Waals surface area contributed by atoms with E-state index in [9.17, 15) is 0 Å². The Morgan fingerprint density at radius 1 is 1.35 bits per heavy atom. The van der Waals surface area contributed by atoms with E-state index in [1.54, 1.807) is 7.11 Å². The largest absolute Gasteiger partial charge is 0.497 e. The van der Waals surface area contributed by atoms with E-state index in [2.05, 4.69) is 52.6 Å². The first-order valence-corrected chi connectivity index (χ1v) is 9.65. The second kappa shape index (κ2) is 11.0. The van der Waals surface area contributed by atoms with Gasteiger partial charge in [-0.1, -0.05) is 26.0 Å². The number of aliphatic imine (C=N–C) groups is 1. The first-order chi connectivity index (χ1) is 12.7. The molecule has 0 bridgehead atoms. The Bertz CT molecular complexity index is 554. The van der Waals surface area contributed by atoms with Gasteiger partial charge in [-0.05, 0) is 43.6 Å². The second-order valence-electron chi connectivity index (χ2n) is 6.48. The highest BCUT2D eigenvalue weighted by Crippen LogP contribution is 2.23. The maximum Gasteiger partial charge on any atom is 0.191 e. The lowest BCUT2D eigenvalue weighted by Gasteiger charge is -2.31. The molecule has 1 aliphatic heterocycles. The molecule has 2 rings (SSSR count). The van der Waals surface area contributed by atoms with Crippen molar-refractivity contribution in [1.29, 1.82) is 0 Å². The summed E-state index contributed by atoms with van der Waals surface area (Å²) in [5.74, 6) is 1.71. The second-order valence-corrected chi connectivity index (χ2v) is 6.48. The van der Waals surface area contributed by atoms with E-state index in [0.717, 1.165) is 57.3 Å². The lowest BCUT2D eigenvalue weighted by molar-refractivity contribution is 0.113. The van der Waals surface area contributed by atoms with Crippen molar-refractivity contribution in [3.8, 4) is 5.75 Å². The number of hydrogen-bond acceptors (Lipinski definition) is 4. The van der Waals surface area contributed by atoms with Gasteiger partial charge in [0, 0.05) is 26.7 Å². The summed E-state index contributed by atoms with van der Waals surface area (Å²) >= 11 is 0. The van der Waals surface area contributed by atoms with Crippen LogP contribution in [0.15, 0.2) is 29.3 Å². The van der Waals surface area contributed by atoms with Gasteiger partial charge in [-0.3, -0.25) is 9.89 Å². The van der Waals surface area contributed by atoms with Crippen LogP contribution >= 0.6 is 0 Å². The molecule has 2 N–H and O–H groups in total. The van der Waals surface area contributed by atoms with Gasteiger partial charge in [0.15, 0.2) is 5.96 Å². The Balaban J connectivity index is 2.00. The Labute approximate surface area is 158 Å². The van der Waals surface area contributed by atoms with Crippen molar-refractivity contribution in [2.45, 2.75) is 38.8 Å². The summed E-state index contributed by atoms with van der Waals surface area (Å²) in [4.78, 5) is 6.79. The molecular formula is C20H34N4O2. The first kappa shape index (κ1) is 20.5. The summed E-state index contributed by atoms with van der Waals surface area (Å²) in [6, 6.07) is 8.57. The number of ether oxygens (including phenoxy) is 2. The number of nitrogens with one attached hydrogen (secondary N) is 2. The van der Waals surface area contributed by atoms with Crippen LogP contribution in [0.2, 0.25) is 0 Å². The predicted molar refractivity (Wildman–Crippen MR) is 107 cm³/mol. The maximum atomic E-state index is 5.67. The van der Waals surface area contributed by atoms with Crippen molar-refractivity contribution in [2.75, 3.05) is 46.9 Å². The SMILES string of the molecule is CCN(CC)C(CNC(=NC)NCC1CCCO1)c1cccc(OC)c1. The fraction of sp³-hybridized carbons (Fsp3) is 0.650. The molecule has 0 spiro atoms. The third kappa shape index (κ3) is 5.88. The molecule has 1 heterocycles. The zero-order valence-corrected chi connectivity index (χ0v) is 16.6. The average molecular weight is 363 g/mol. The minimum Gasteiger partial charge on any atom is -0.497 e. The van der Waals surface area contributed by atoms with Gasteiger partial charge in [0.1, 0.15) is 5.75 Å². The van der Waals surface area contributed by atoms with Gasteiger partial charge in [0.25, 0.3) is 0 Å². The fourth-order valence-corrected chi connectivity index (χ4v) is 3.40. The van der Waals surface area contributed by atoms with Crippen molar-refractivity contribution in [2.24, 2.45) is 4.99 Å². The quantitative estimate of drug-likeness (QED) is 0.522. The molecule has 0 aromatic heterocycles. The molecule has 146 valence electrons. The van der Waals surface area contributed by atoms with Crippen LogP contribution in [0.4, 0.5) is 0 Å². The van der Waals surface area contributed by atoms with E-state index in [-0.39, 0.29) is 6.04 Å². The molecule has 0 radical (unpaired) electrons. The third-order valence-electron chi connectivity index (χ3n) is 4.94. The van der Waals surface area contributed by atoms with Crippen LogP contribution in [0.5, 0.6) is 5.75 Å². The number of likely N-dealkylation sites (N-methyl/N-ethyl adjacent to an activating group) is 1. The van der Waals surface area contributed by atoms with E-state index >= 15 is 0 Å². The molecule has 1 aromatic carbocycles. The molecule has 1 aromatic rings. The highest BCUT2D eigenvalue weighted by atomic mass is 16.5. The number of benzene rings is 1. The zero-order valence-electron chi connectivity index (χ0n) is 16.6. The summed E-state index contributed by atoms with van der Waals surface area (Å²) in [6.45, 7) is 8.82. The summed E-state index contributed by atoms with van der Waals surface area (Å²) in [5.41, 5.74) is 1.25.